The van der Waals surface area contributed by atoms with Crippen LogP contribution in [0.5, 0.6) is 0 Å². The molecule has 6 rings (SSSR count). The number of hydrogen-bond donors (Lipinski definition) is 0. The fraction of sp³-hybridized carbons (Fsp3) is 0.560. The lowest BCUT2D eigenvalue weighted by atomic mass is 10.1. The molecule has 2 saturated heterocycles. The van der Waals surface area contributed by atoms with Gasteiger partial charge in [0.05, 0.1) is 19.8 Å². The number of ether oxygens (including phenoxy) is 2. The van der Waals surface area contributed by atoms with Crippen molar-refractivity contribution in [3.05, 3.63) is 29.8 Å². The molecule has 6 heterocycles. The van der Waals surface area contributed by atoms with E-state index in [0.29, 0.717) is 51.0 Å². The van der Waals surface area contributed by atoms with Crippen LogP contribution in [0.1, 0.15) is 30.2 Å². The van der Waals surface area contributed by atoms with E-state index in [1.165, 1.54) is 0 Å². The summed E-state index contributed by atoms with van der Waals surface area (Å²) in [6.07, 6.45) is 1.70. The zero-order valence-corrected chi connectivity index (χ0v) is 21.1. The molecule has 0 aromatic carbocycles. The smallest absolute Gasteiger partial charge is 0.272 e. The number of piperazine rings is 1. The number of rotatable bonds is 3. The molecule has 3 aromatic rings. The van der Waals surface area contributed by atoms with Gasteiger partial charge in [0, 0.05) is 57.6 Å². The molecular weight excluding hydrogens is 460 g/mol. The highest BCUT2D eigenvalue weighted by Gasteiger charge is 2.34. The average Bonchev–Trinajstić information content (AvgIpc) is 3.29. The van der Waals surface area contributed by atoms with E-state index in [-0.39, 0.29) is 5.91 Å². The Labute approximate surface area is 210 Å². The van der Waals surface area contributed by atoms with Gasteiger partial charge in [-0.3, -0.25) is 9.78 Å². The molecule has 3 aliphatic heterocycles. The van der Waals surface area contributed by atoms with Crippen LogP contribution < -0.4 is 4.90 Å². The van der Waals surface area contributed by atoms with Crippen molar-refractivity contribution in [2.45, 2.75) is 26.0 Å². The number of aromatic nitrogens is 5. The number of carbonyl (C=O) groups is 1. The Hall–Kier alpha value is -3.15. The van der Waals surface area contributed by atoms with Crippen LogP contribution in [-0.4, -0.2) is 106 Å². The van der Waals surface area contributed by atoms with Crippen LogP contribution in [0, 0.1) is 0 Å². The summed E-state index contributed by atoms with van der Waals surface area (Å²) in [5.41, 5.74) is 2.28. The van der Waals surface area contributed by atoms with Crippen LogP contribution in [0.2, 0.25) is 0 Å². The molecule has 3 aromatic heterocycles. The van der Waals surface area contributed by atoms with Gasteiger partial charge in [-0.1, -0.05) is 0 Å². The standard InChI is InChI=1S/C25H32N8O3/c1-25(2)24-27-19-21(31-10-13-35-14-11-31)28-20(29-22(19)33(24)12-15-36-25)17-4-5-18(26-16-17)23(34)32-8-6-30(3)7-9-32/h4-5,16H,6-15H2,1-3H3. The molecule has 0 unspecified atom stereocenters. The Morgan fingerprint density at radius 1 is 0.944 bits per heavy atom. The van der Waals surface area contributed by atoms with Crippen LogP contribution >= 0.6 is 0 Å². The molecule has 0 bridgehead atoms. The zero-order valence-electron chi connectivity index (χ0n) is 21.1. The summed E-state index contributed by atoms with van der Waals surface area (Å²) >= 11 is 0. The molecule has 0 aliphatic carbocycles. The second-order valence-electron chi connectivity index (χ2n) is 10.1. The van der Waals surface area contributed by atoms with Crippen molar-refractivity contribution in [1.82, 2.24) is 34.3 Å². The minimum Gasteiger partial charge on any atom is -0.378 e. The van der Waals surface area contributed by atoms with Gasteiger partial charge in [-0.15, -0.1) is 0 Å². The third kappa shape index (κ3) is 4.10. The van der Waals surface area contributed by atoms with Crippen LogP contribution in [-0.2, 0) is 21.6 Å². The summed E-state index contributed by atoms with van der Waals surface area (Å²) in [4.78, 5) is 38.6. The molecule has 0 saturated carbocycles. The maximum absolute atomic E-state index is 12.9. The van der Waals surface area contributed by atoms with E-state index in [4.69, 9.17) is 24.4 Å². The van der Waals surface area contributed by atoms with Gasteiger partial charge in [0.25, 0.3) is 5.91 Å². The van der Waals surface area contributed by atoms with Gasteiger partial charge in [0.1, 0.15) is 17.1 Å². The predicted molar refractivity (Wildman–Crippen MR) is 134 cm³/mol. The number of likely N-dealkylation sites (N-methyl/N-ethyl adjacent to an activating group) is 1. The lowest BCUT2D eigenvalue weighted by Crippen LogP contribution is -2.47. The molecule has 11 heteroatoms. The number of hydrogen-bond acceptors (Lipinski definition) is 9. The number of carbonyl (C=O) groups excluding carboxylic acids is 1. The van der Waals surface area contributed by atoms with E-state index in [1.807, 2.05) is 24.8 Å². The van der Waals surface area contributed by atoms with Crippen LogP contribution in [0.4, 0.5) is 5.82 Å². The van der Waals surface area contributed by atoms with Gasteiger partial charge in [-0.2, -0.15) is 0 Å². The number of imidazole rings is 1. The molecular formula is C25H32N8O3. The third-order valence-electron chi connectivity index (χ3n) is 7.23. The van der Waals surface area contributed by atoms with Crippen molar-refractivity contribution in [3.8, 4) is 11.4 Å². The lowest BCUT2D eigenvalue weighted by Gasteiger charge is -2.32. The minimum atomic E-state index is -0.506. The maximum Gasteiger partial charge on any atom is 0.272 e. The highest BCUT2D eigenvalue weighted by Crippen LogP contribution is 2.35. The number of morpholine rings is 1. The first-order valence-corrected chi connectivity index (χ1v) is 12.6. The number of amides is 1. The molecule has 0 radical (unpaired) electrons. The number of nitrogens with zero attached hydrogens (tertiary/aromatic N) is 8. The summed E-state index contributed by atoms with van der Waals surface area (Å²) in [7, 11) is 2.07. The second-order valence-corrected chi connectivity index (χ2v) is 10.1. The summed E-state index contributed by atoms with van der Waals surface area (Å²) < 4.78 is 13.7. The maximum atomic E-state index is 12.9. The molecule has 11 nitrogen and oxygen atoms in total. The number of fused-ring (bicyclic) bond motifs is 3. The van der Waals surface area contributed by atoms with Gasteiger partial charge in [-0.25, -0.2) is 15.0 Å². The van der Waals surface area contributed by atoms with E-state index < -0.39 is 5.60 Å². The monoisotopic (exact) mass is 492 g/mol. The van der Waals surface area contributed by atoms with E-state index in [1.54, 1.807) is 12.3 Å². The van der Waals surface area contributed by atoms with Crippen molar-refractivity contribution in [2.75, 3.05) is 71.0 Å². The number of pyridine rings is 1. The molecule has 0 atom stereocenters. The Balaban J connectivity index is 1.38. The Morgan fingerprint density at radius 2 is 1.72 bits per heavy atom. The van der Waals surface area contributed by atoms with Gasteiger partial charge in [0.2, 0.25) is 0 Å². The first kappa shape index (κ1) is 23.3. The van der Waals surface area contributed by atoms with Crippen molar-refractivity contribution in [2.24, 2.45) is 0 Å². The van der Waals surface area contributed by atoms with Gasteiger partial charge >= 0.3 is 0 Å². The van der Waals surface area contributed by atoms with E-state index >= 15 is 0 Å². The van der Waals surface area contributed by atoms with Gasteiger partial charge in [0.15, 0.2) is 22.8 Å². The SMILES string of the molecule is CN1CCN(C(=O)c2ccc(-c3nc(N4CCOCC4)c4nc5n(c4n3)CCOC5(C)C)cn2)CC1. The van der Waals surface area contributed by atoms with Gasteiger partial charge in [-0.05, 0) is 33.0 Å². The van der Waals surface area contributed by atoms with Crippen molar-refractivity contribution < 1.29 is 14.3 Å². The Kier molecular flexibility index (Phi) is 5.85. The third-order valence-corrected chi connectivity index (χ3v) is 7.23. The molecule has 2 fully saturated rings. The van der Waals surface area contributed by atoms with Crippen LogP contribution in [0.25, 0.3) is 22.6 Å². The Morgan fingerprint density at radius 3 is 2.44 bits per heavy atom. The molecule has 36 heavy (non-hydrogen) atoms. The zero-order chi connectivity index (χ0) is 24.9. The van der Waals surface area contributed by atoms with Crippen LogP contribution in [0.3, 0.4) is 0 Å². The lowest BCUT2D eigenvalue weighted by molar-refractivity contribution is -0.0530. The van der Waals surface area contributed by atoms with E-state index in [2.05, 4.69) is 26.4 Å². The van der Waals surface area contributed by atoms with Crippen molar-refractivity contribution in [3.63, 3.8) is 0 Å². The van der Waals surface area contributed by atoms with Crippen molar-refractivity contribution >= 4 is 22.9 Å². The minimum absolute atomic E-state index is 0.0351. The Bertz CT molecular complexity index is 1270. The molecule has 0 spiro atoms. The highest BCUT2D eigenvalue weighted by molar-refractivity contribution is 5.93. The molecule has 190 valence electrons. The van der Waals surface area contributed by atoms with E-state index in [9.17, 15) is 4.79 Å². The van der Waals surface area contributed by atoms with E-state index in [0.717, 1.165) is 54.5 Å². The summed E-state index contributed by atoms with van der Waals surface area (Å²) in [5.74, 6) is 2.19. The fourth-order valence-corrected chi connectivity index (χ4v) is 5.06. The van der Waals surface area contributed by atoms with Crippen LogP contribution in [0.15, 0.2) is 18.3 Å². The largest absolute Gasteiger partial charge is 0.378 e. The highest BCUT2D eigenvalue weighted by atomic mass is 16.5. The fourth-order valence-electron chi connectivity index (χ4n) is 5.06. The van der Waals surface area contributed by atoms with Gasteiger partial charge < -0.3 is 28.7 Å². The first-order valence-electron chi connectivity index (χ1n) is 12.6. The normalized spacial score (nSPS) is 20.5. The average molecular weight is 493 g/mol. The van der Waals surface area contributed by atoms with Crippen molar-refractivity contribution in [1.29, 1.82) is 0 Å². The summed E-state index contributed by atoms with van der Waals surface area (Å²) in [6, 6.07) is 3.67. The number of anilines is 1. The summed E-state index contributed by atoms with van der Waals surface area (Å²) in [5, 5.41) is 0. The molecule has 3 aliphatic rings. The second kappa shape index (κ2) is 9.06. The quantitative estimate of drug-likeness (QED) is 0.537. The molecule has 0 N–H and O–H groups in total. The predicted octanol–water partition coefficient (Wildman–Crippen LogP) is 1.38. The first-order chi connectivity index (χ1) is 17.4. The molecule has 1 amide bonds. The topological polar surface area (TPSA) is 102 Å². The summed E-state index contributed by atoms with van der Waals surface area (Å²) in [6.45, 7) is 11.3.